The van der Waals surface area contributed by atoms with Crippen LogP contribution in [0, 0.1) is 10.8 Å². The fourth-order valence-electron chi connectivity index (χ4n) is 1.96. The molecule has 0 unspecified atom stereocenters. The molecule has 4 heteroatoms. The molecule has 0 saturated heterocycles. The normalized spacial score (nSPS) is 18.7. The predicted molar refractivity (Wildman–Crippen MR) is 62.4 cm³/mol. The SMILES string of the molecule is C=c1sc2c(nc1=N)CC(C)(C)CC=2N. The number of fused-ring (bicyclic) bond motifs is 1. The summed E-state index contributed by atoms with van der Waals surface area (Å²) >= 11 is 1.49. The Morgan fingerprint density at radius 2 is 2.13 bits per heavy atom. The van der Waals surface area contributed by atoms with Crippen LogP contribution in [0.1, 0.15) is 26.0 Å². The third-order valence-corrected chi connectivity index (χ3v) is 3.75. The summed E-state index contributed by atoms with van der Waals surface area (Å²) in [7, 11) is 0. The van der Waals surface area contributed by atoms with E-state index in [0.29, 0.717) is 4.53 Å². The van der Waals surface area contributed by atoms with Crippen LogP contribution in [0.3, 0.4) is 0 Å². The van der Waals surface area contributed by atoms with E-state index in [1.807, 2.05) is 0 Å². The highest BCUT2D eigenvalue weighted by Gasteiger charge is 2.26. The molecule has 1 aromatic rings. The van der Waals surface area contributed by atoms with Crippen LogP contribution in [0.4, 0.5) is 0 Å². The van der Waals surface area contributed by atoms with Gasteiger partial charge in [-0.2, -0.15) is 0 Å². The van der Waals surface area contributed by atoms with Crippen molar-refractivity contribution in [3.05, 3.63) is 20.2 Å². The maximum atomic E-state index is 7.64. The summed E-state index contributed by atoms with van der Waals surface area (Å²) in [5, 5.41) is 7.64. The first kappa shape index (κ1) is 10.4. The van der Waals surface area contributed by atoms with Gasteiger partial charge >= 0.3 is 0 Å². The molecule has 2 rings (SSSR count). The van der Waals surface area contributed by atoms with E-state index in [4.69, 9.17) is 11.1 Å². The van der Waals surface area contributed by atoms with Crippen LogP contribution >= 0.6 is 11.3 Å². The first-order valence-electron chi connectivity index (χ1n) is 4.91. The second-order valence-corrected chi connectivity index (χ2v) is 5.91. The Hall–Kier alpha value is -1.16. The molecule has 80 valence electrons. The van der Waals surface area contributed by atoms with Crippen LogP contribution in [0.2, 0.25) is 0 Å². The second kappa shape index (κ2) is 3.17. The molecule has 0 aromatic carbocycles. The van der Waals surface area contributed by atoms with Crippen molar-refractivity contribution in [1.29, 1.82) is 5.41 Å². The van der Waals surface area contributed by atoms with E-state index < -0.39 is 0 Å². The minimum Gasteiger partial charge on any atom is -0.401 e. The smallest absolute Gasteiger partial charge is 0.161 e. The number of nitrogens with two attached hydrogens (primary N) is 1. The predicted octanol–water partition coefficient (Wildman–Crippen LogP) is 0.0722. The number of hydrogen-bond acceptors (Lipinski definition) is 4. The lowest BCUT2D eigenvalue weighted by Crippen LogP contribution is -2.38. The molecule has 1 aliphatic rings. The summed E-state index contributed by atoms with van der Waals surface area (Å²) in [6.07, 6.45) is 1.79. The van der Waals surface area contributed by atoms with E-state index in [-0.39, 0.29) is 10.9 Å². The highest BCUT2D eigenvalue weighted by Crippen LogP contribution is 2.29. The van der Waals surface area contributed by atoms with Gasteiger partial charge in [0, 0.05) is 5.70 Å². The Balaban J connectivity index is 2.78. The lowest BCUT2D eigenvalue weighted by molar-refractivity contribution is 0.359. The van der Waals surface area contributed by atoms with E-state index >= 15 is 0 Å². The van der Waals surface area contributed by atoms with E-state index in [9.17, 15) is 0 Å². The van der Waals surface area contributed by atoms with Gasteiger partial charge in [0.05, 0.1) is 14.8 Å². The van der Waals surface area contributed by atoms with Gasteiger partial charge in [0.2, 0.25) is 0 Å². The molecule has 0 atom stereocenters. The lowest BCUT2D eigenvalue weighted by atomic mass is 9.80. The van der Waals surface area contributed by atoms with Gasteiger partial charge in [-0.25, -0.2) is 4.98 Å². The molecule has 1 heterocycles. The van der Waals surface area contributed by atoms with Gasteiger partial charge in [0.15, 0.2) is 5.49 Å². The van der Waals surface area contributed by atoms with Crippen LogP contribution in [-0.2, 0) is 6.42 Å². The maximum Gasteiger partial charge on any atom is 0.161 e. The number of aromatic nitrogens is 1. The minimum absolute atomic E-state index is 0.159. The Morgan fingerprint density at radius 1 is 1.47 bits per heavy atom. The van der Waals surface area contributed by atoms with Gasteiger partial charge in [0.1, 0.15) is 0 Å². The van der Waals surface area contributed by atoms with Crippen molar-refractivity contribution in [2.24, 2.45) is 11.1 Å². The molecule has 0 bridgehead atoms. The Bertz CT molecular complexity index is 568. The molecule has 0 radical (unpaired) electrons. The lowest BCUT2D eigenvalue weighted by Gasteiger charge is -2.28. The molecule has 15 heavy (non-hydrogen) atoms. The van der Waals surface area contributed by atoms with E-state index in [1.54, 1.807) is 0 Å². The highest BCUT2D eigenvalue weighted by molar-refractivity contribution is 7.07. The number of nitrogens with one attached hydrogen (secondary N) is 1. The van der Waals surface area contributed by atoms with Gasteiger partial charge in [-0.15, -0.1) is 11.3 Å². The molecular formula is C11H15N3S. The topological polar surface area (TPSA) is 62.8 Å². The number of hydrogen-bond donors (Lipinski definition) is 2. The van der Waals surface area contributed by atoms with Crippen LogP contribution < -0.4 is 20.3 Å². The Kier molecular flexibility index (Phi) is 2.19. The van der Waals surface area contributed by atoms with Gasteiger partial charge in [-0.1, -0.05) is 20.4 Å². The monoisotopic (exact) mass is 221 g/mol. The quantitative estimate of drug-likeness (QED) is 0.651. The summed E-state index contributed by atoms with van der Waals surface area (Å²) in [6.45, 7) is 8.15. The molecule has 3 N–H and O–H groups in total. The van der Waals surface area contributed by atoms with Crippen LogP contribution in [0.5, 0.6) is 0 Å². The molecule has 1 aromatic heterocycles. The van der Waals surface area contributed by atoms with E-state index in [2.05, 4.69) is 25.4 Å². The van der Waals surface area contributed by atoms with Crippen LogP contribution in [0.25, 0.3) is 12.3 Å². The van der Waals surface area contributed by atoms with Gasteiger partial charge in [0.25, 0.3) is 0 Å². The first-order valence-corrected chi connectivity index (χ1v) is 5.73. The fourth-order valence-corrected chi connectivity index (χ4v) is 2.79. The van der Waals surface area contributed by atoms with Crippen LogP contribution in [-0.4, -0.2) is 4.98 Å². The average Bonchev–Trinajstić information content (AvgIpc) is 2.07. The summed E-state index contributed by atoms with van der Waals surface area (Å²) < 4.78 is 1.73. The summed E-state index contributed by atoms with van der Waals surface area (Å²) in [4.78, 5) is 4.27. The molecule has 0 amide bonds. The van der Waals surface area contributed by atoms with Crippen molar-refractivity contribution in [3.8, 4) is 0 Å². The van der Waals surface area contributed by atoms with Gasteiger partial charge in [-0.05, 0) is 18.3 Å². The largest absolute Gasteiger partial charge is 0.401 e. The number of rotatable bonds is 0. The van der Waals surface area contributed by atoms with Gasteiger partial charge < -0.3 is 5.73 Å². The second-order valence-electron chi connectivity index (χ2n) is 4.80. The molecule has 0 aliphatic heterocycles. The van der Waals surface area contributed by atoms with Crippen molar-refractivity contribution in [1.82, 2.24) is 4.98 Å². The van der Waals surface area contributed by atoms with Crippen molar-refractivity contribution in [2.75, 3.05) is 0 Å². The van der Waals surface area contributed by atoms with Crippen molar-refractivity contribution in [2.45, 2.75) is 26.7 Å². The van der Waals surface area contributed by atoms with Crippen molar-refractivity contribution >= 4 is 23.6 Å². The maximum absolute atomic E-state index is 7.64. The molecule has 1 aliphatic carbocycles. The molecule has 0 spiro atoms. The number of nitrogens with zero attached hydrogens (tertiary/aromatic N) is 1. The third-order valence-electron chi connectivity index (χ3n) is 2.60. The Labute approximate surface area is 92.5 Å². The molecule has 3 nitrogen and oxygen atoms in total. The zero-order valence-electron chi connectivity index (χ0n) is 9.05. The first-order chi connectivity index (χ1) is 6.89. The molecule has 0 saturated carbocycles. The van der Waals surface area contributed by atoms with Crippen LogP contribution in [0.15, 0.2) is 0 Å². The summed E-state index contributed by atoms with van der Waals surface area (Å²) in [6, 6.07) is 0. The molecule has 0 fully saturated rings. The average molecular weight is 221 g/mol. The van der Waals surface area contributed by atoms with E-state index in [1.165, 1.54) is 11.3 Å². The fraction of sp³-hybridized carbons (Fsp3) is 0.455. The van der Waals surface area contributed by atoms with Gasteiger partial charge in [-0.3, -0.25) is 5.41 Å². The standard InChI is InChI=1S/C11H15N3S/c1-6-10(13)14-8-5-11(2,3)4-7(12)9(8)15-6/h13H,1,4-5,12H2,2-3H3. The van der Waals surface area contributed by atoms with Crippen molar-refractivity contribution in [3.63, 3.8) is 0 Å². The zero-order valence-corrected chi connectivity index (χ0v) is 9.87. The summed E-state index contributed by atoms with van der Waals surface area (Å²) in [5.74, 6) is 0. The zero-order chi connectivity index (χ0) is 11.2. The third kappa shape index (κ3) is 1.81. The minimum atomic E-state index is 0.159. The Morgan fingerprint density at radius 3 is 2.80 bits per heavy atom. The highest BCUT2D eigenvalue weighted by atomic mass is 32.1. The molecular weight excluding hydrogens is 206 g/mol. The summed E-state index contributed by atoms with van der Waals surface area (Å²) in [5.41, 5.74) is 8.34. The van der Waals surface area contributed by atoms with E-state index in [0.717, 1.165) is 28.8 Å². The van der Waals surface area contributed by atoms with Crippen molar-refractivity contribution < 1.29 is 0 Å².